The van der Waals surface area contributed by atoms with Gasteiger partial charge in [-0.25, -0.2) is 9.59 Å². The topological polar surface area (TPSA) is 96.5 Å². The van der Waals surface area contributed by atoms with Gasteiger partial charge in [0.2, 0.25) is 0 Å². The summed E-state index contributed by atoms with van der Waals surface area (Å²) in [6.45, 7) is 8.13. The van der Waals surface area contributed by atoms with Gasteiger partial charge in [0.25, 0.3) is 5.91 Å². The van der Waals surface area contributed by atoms with E-state index in [1.807, 2.05) is 51.1 Å². The molecule has 0 spiro atoms. The third kappa shape index (κ3) is 8.12. The van der Waals surface area contributed by atoms with Crippen LogP contribution >= 0.6 is 0 Å². The molecule has 2 aromatic rings. The molecule has 2 atom stereocenters. The van der Waals surface area contributed by atoms with Crippen LogP contribution in [-0.4, -0.2) is 36.6 Å². The standard InChI is InChI=1S/C24H31N3O4/c1-16(2)27-24(30)26-15-19-10-12-21(13-11-19)23(29)31-18(4)22(28)25-14-17(3)20-8-6-5-7-9-20/h5-13,16-18H,14-15H2,1-4H3,(H,25,28)(H2,26,27,30)/t17-,18-/m1/s1. The van der Waals surface area contributed by atoms with E-state index in [0.29, 0.717) is 18.7 Å². The van der Waals surface area contributed by atoms with E-state index in [4.69, 9.17) is 4.74 Å². The highest BCUT2D eigenvalue weighted by Crippen LogP contribution is 2.13. The van der Waals surface area contributed by atoms with Gasteiger partial charge < -0.3 is 20.7 Å². The molecule has 31 heavy (non-hydrogen) atoms. The molecule has 0 aliphatic rings. The molecule has 166 valence electrons. The van der Waals surface area contributed by atoms with Gasteiger partial charge in [0.05, 0.1) is 5.56 Å². The Morgan fingerprint density at radius 3 is 2.13 bits per heavy atom. The van der Waals surface area contributed by atoms with Crippen LogP contribution in [-0.2, 0) is 16.1 Å². The first kappa shape index (κ1) is 23.9. The van der Waals surface area contributed by atoms with Crippen LogP contribution in [0, 0.1) is 0 Å². The molecule has 0 saturated carbocycles. The second-order valence-corrected chi connectivity index (χ2v) is 7.78. The van der Waals surface area contributed by atoms with Crippen molar-refractivity contribution < 1.29 is 19.1 Å². The van der Waals surface area contributed by atoms with Crippen molar-refractivity contribution in [1.29, 1.82) is 0 Å². The Morgan fingerprint density at radius 2 is 1.52 bits per heavy atom. The molecule has 0 bridgehead atoms. The van der Waals surface area contributed by atoms with Gasteiger partial charge in [0.15, 0.2) is 6.10 Å². The van der Waals surface area contributed by atoms with Crippen LogP contribution in [0.2, 0.25) is 0 Å². The number of hydrogen-bond donors (Lipinski definition) is 3. The summed E-state index contributed by atoms with van der Waals surface area (Å²) in [7, 11) is 0. The van der Waals surface area contributed by atoms with Crippen molar-refractivity contribution in [3.8, 4) is 0 Å². The Balaban J connectivity index is 1.79. The zero-order valence-corrected chi connectivity index (χ0v) is 18.5. The van der Waals surface area contributed by atoms with Crippen molar-refractivity contribution in [2.24, 2.45) is 0 Å². The first-order valence-electron chi connectivity index (χ1n) is 10.4. The van der Waals surface area contributed by atoms with Gasteiger partial charge in [-0.05, 0) is 49.9 Å². The van der Waals surface area contributed by atoms with Crippen molar-refractivity contribution in [2.45, 2.75) is 52.3 Å². The van der Waals surface area contributed by atoms with E-state index >= 15 is 0 Å². The fourth-order valence-electron chi connectivity index (χ4n) is 2.83. The lowest BCUT2D eigenvalue weighted by Crippen LogP contribution is -2.39. The molecule has 0 aromatic heterocycles. The predicted molar refractivity (Wildman–Crippen MR) is 120 cm³/mol. The fourth-order valence-corrected chi connectivity index (χ4v) is 2.83. The number of carbonyl (C=O) groups is 3. The number of ether oxygens (including phenoxy) is 1. The number of carbonyl (C=O) groups excluding carboxylic acids is 3. The van der Waals surface area contributed by atoms with E-state index in [9.17, 15) is 14.4 Å². The molecule has 7 nitrogen and oxygen atoms in total. The Morgan fingerprint density at radius 1 is 0.871 bits per heavy atom. The average molecular weight is 426 g/mol. The van der Waals surface area contributed by atoms with Crippen molar-refractivity contribution >= 4 is 17.9 Å². The molecule has 0 fully saturated rings. The minimum atomic E-state index is -0.906. The Bertz CT molecular complexity index is 866. The smallest absolute Gasteiger partial charge is 0.338 e. The quantitative estimate of drug-likeness (QED) is 0.537. The van der Waals surface area contributed by atoms with Gasteiger partial charge in [0.1, 0.15) is 0 Å². The van der Waals surface area contributed by atoms with Gasteiger partial charge >= 0.3 is 12.0 Å². The molecule has 0 saturated heterocycles. The molecular formula is C24H31N3O4. The molecule has 0 heterocycles. The summed E-state index contributed by atoms with van der Waals surface area (Å²) in [5.41, 5.74) is 2.31. The van der Waals surface area contributed by atoms with E-state index in [0.717, 1.165) is 11.1 Å². The zero-order chi connectivity index (χ0) is 22.8. The second-order valence-electron chi connectivity index (χ2n) is 7.78. The Hall–Kier alpha value is -3.35. The van der Waals surface area contributed by atoms with Crippen LogP contribution in [0.15, 0.2) is 54.6 Å². The van der Waals surface area contributed by atoms with E-state index in [1.165, 1.54) is 0 Å². The number of urea groups is 1. The molecule has 2 aromatic carbocycles. The van der Waals surface area contributed by atoms with Crippen LogP contribution < -0.4 is 16.0 Å². The minimum Gasteiger partial charge on any atom is -0.449 e. The summed E-state index contributed by atoms with van der Waals surface area (Å²) in [5, 5.41) is 8.31. The van der Waals surface area contributed by atoms with Gasteiger partial charge in [-0.2, -0.15) is 0 Å². The molecule has 0 aliphatic heterocycles. The Kier molecular flexibility index (Phi) is 9.06. The number of amides is 3. The van der Waals surface area contributed by atoms with Gasteiger partial charge in [-0.3, -0.25) is 4.79 Å². The van der Waals surface area contributed by atoms with Gasteiger partial charge in [0, 0.05) is 19.1 Å². The van der Waals surface area contributed by atoms with Crippen molar-refractivity contribution in [3.05, 3.63) is 71.3 Å². The maximum absolute atomic E-state index is 12.3. The van der Waals surface area contributed by atoms with Crippen LogP contribution in [0.3, 0.4) is 0 Å². The minimum absolute atomic E-state index is 0.0536. The number of rotatable bonds is 9. The normalized spacial score (nSPS) is 12.5. The molecule has 3 amide bonds. The van der Waals surface area contributed by atoms with Crippen molar-refractivity contribution in [3.63, 3.8) is 0 Å². The van der Waals surface area contributed by atoms with Crippen molar-refractivity contribution in [2.75, 3.05) is 6.54 Å². The third-order valence-electron chi connectivity index (χ3n) is 4.67. The first-order chi connectivity index (χ1) is 14.8. The average Bonchev–Trinajstić information content (AvgIpc) is 2.76. The summed E-state index contributed by atoms with van der Waals surface area (Å²) in [6, 6.07) is 16.4. The van der Waals surface area contributed by atoms with E-state index < -0.39 is 12.1 Å². The molecule has 2 rings (SSSR count). The van der Waals surface area contributed by atoms with Crippen LogP contribution in [0.4, 0.5) is 4.79 Å². The fraction of sp³-hybridized carbons (Fsp3) is 0.375. The van der Waals surface area contributed by atoms with Gasteiger partial charge in [-0.1, -0.05) is 49.4 Å². The highest BCUT2D eigenvalue weighted by molar-refractivity contribution is 5.92. The predicted octanol–water partition coefficient (Wildman–Crippen LogP) is 3.36. The lowest BCUT2D eigenvalue weighted by molar-refractivity contribution is -0.129. The Labute approximate surface area is 183 Å². The summed E-state index contributed by atoms with van der Waals surface area (Å²) in [6.07, 6.45) is -0.906. The summed E-state index contributed by atoms with van der Waals surface area (Å²) < 4.78 is 5.29. The molecule has 3 N–H and O–H groups in total. The van der Waals surface area contributed by atoms with Gasteiger partial charge in [-0.15, -0.1) is 0 Å². The highest BCUT2D eigenvalue weighted by Gasteiger charge is 2.19. The monoisotopic (exact) mass is 425 g/mol. The largest absolute Gasteiger partial charge is 0.449 e. The lowest BCUT2D eigenvalue weighted by Gasteiger charge is -2.17. The number of esters is 1. The highest BCUT2D eigenvalue weighted by atomic mass is 16.5. The second kappa shape index (κ2) is 11.7. The lowest BCUT2D eigenvalue weighted by atomic mass is 10.0. The van der Waals surface area contributed by atoms with Crippen LogP contribution in [0.1, 0.15) is 55.1 Å². The maximum atomic E-state index is 12.3. The third-order valence-corrected chi connectivity index (χ3v) is 4.67. The maximum Gasteiger partial charge on any atom is 0.338 e. The summed E-state index contributed by atoms with van der Waals surface area (Å²) >= 11 is 0. The number of benzene rings is 2. The number of hydrogen-bond acceptors (Lipinski definition) is 4. The van der Waals surface area contributed by atoms with Crippen molar-refractivity contribution in [1.82, 2.24) is 16.0 Å². The van der Waals surface area contributed by atoms with E-state index in [2.05, 4.69) is 16.0 Å². The summed E-state index contributed by atoms with van der Waals surface area (Å²) in [4.78, 5) is 36.3. The van der Waals surface area contributed by atoms with Crippen LogP contribution in [0.5, 0.6) is 0 Å². The molecule has 0 unspecified atom stereocenters. The zero-order valence-electron chi connectivity index (χ0n) is 18.5. The van der Waals surface area contributed by atoms with Crippen LogP contribution in [0.25, 0.3) is 0 Å². The SMILES string of the molecule is CC(C)NC(=O)NCc1ccc(C(=O)O[C@H](C)C(=O)NC[C@@H](C)c2ccccc2)cc1. The van der Waals surface area contributed by atoms with E-state index in [-0.39, 0.29) is 23.9 Å². The summed E-state index contributed by atoms with van der Waals surface area (Å²) in [5.74, 6) is -0.763. The molecular weight excluding hydrogens is 394 g/mol. The first-order valence-corrected chi connectivity index (χ1v) is 10.4. The molecule has 0 radical (unpaired) electrons. The molecule has 7 heteroatoms. The number of nitrogens with one attached hydrogen (secondary N) is 3. The van der Waals surface area contributed by atoms with E-state index in [1.54, 1.807) is 31.2 Å². The molecule has 0 aliphatic carbocycles.